The van der Waals surface area contributed by atoms with E-state index >= 15 is 0 Å². The van der Waals surface area contributed by atoms with Crippen LogP contribution < -0.4 is 10.6 Å². The number of esters is 1. The minimum Gasteiger partial charge on any atom is -0.448 e. The van der Waals surface area contributed by atoms with Gasteiger partial charge in [0.05, 0.1) is 5.56 Å². The van der Waals surface area contributed by atoms with Crippen molar-refractivity contribution in [2.45, 2.75) is 26.4 Å². The average molecular weight is 304 g/mol. The topological polar surface area (TPSA) is 84.5 Å². The van der Waals surface area contributed by atoms with Gasteiger partial charge < -0.3 is 15.4 Å². The first-order valence-corrected chi connectivity index (χ1v) is 7.33. The Morgan fingerprint density at radius 1 is 1.23 bits per heavy atom. The number of cyclic esters (lactones) is 1. The van der Waals surface area contributed by atoms with E-state index in [1.807, 2.05) is 12.1 Å². The van der Waals surface area contributed by atoms with Gasteiger partial charge in [-0.2, -0.15) is 0 Å². The Morgan fingerprint density at radius 3 is 2.64 bits per heavy atom. The van der Waals surface area contributed by atoms with Crippen LogP contribution in [0.2, 0.25) is 0 Å². The van der Waals surface area contributed by atoms with Crippen molar-refractivity contribution >= 4 is 17.8 Å². The molecule has 2 amide bonds. The van der Waals surface area contributed by atoms with E-state index in [1.54, 1.807) is 26.0 Å². The van der Waals surface area contributed by atoms with Gasteiger partial charge in [-0.3, -0.25) is 9.59 Å². The van der Waals surface area contributed by atoms with Crippen LogP contribution in [0.4, 0.5) is 0 Å². The van der Waals surface area contributed by atoms with Gasteiger partial charge in [-0.05, 0) is 11.6 Å². The molecule has 1 aliphatic heterocycles. The summed E-state index contributed by atoms with van der Waals surface area (Å²) in [5.41, 5.74) is 1.32. The Kier molecular flexibility index (Phi) is 5.14. The van der Waals surface area contributed by atoms with E-state index in [0.29, 0.717) is 25.1 Å². The second kappa shape index (κ2) is 7.06. The zero-order valence-corrected chi connectivity index (χ0v) is 12.7. The Bertz CT molecular complexity index is 583. The number of amides is 2. The van der Waals surface area contributed by atoms with Crippen molar-refractivity contribution in [2.24, 2.45) is 5.92 Å². The highest BCUT2D eigenvalue weighted by Gasteiger charge is 2.30. The number of rotatable bonds is 5. The molecule has 0 bridgehead atoms. The lowest BCUT2D eigenvalue weighted by Gasteiger charge is -2.23. The maximum atomic E-state index is 12.0. The van der Waals surface area contributed by atoms with E-state index in [1.165, 1.54) is 0 Å². The zero-order chi connectivity index (χ0) is 16.1. The van der Waals surface area contributed by atoms with Gasteiger partial charge in [0.2, 0.25) is 5.91 Å². The maximum Gasteiger partial charge on any atom is 0.339 e. The molecule has 6 nitrogen and oxygen atoms in total. The van der Waals surface area contributed by atoms with E-state index in [2.05, 4.69) is 10.6 Å². The van der Waals surface area contributed by atoms with Gasteiger partial charge in [-0.1, -0.05) is 32.0 Å². The first-order chi connectivity index (χ1) is 10.5. The van der Waals surface area contributed by atoms with Crippen LogP contribution in [0.15, 0.2) is 24.3 Å². The van der Waals surface area contributed by atoms with E-state index in [4.69, 9.17) is 4.74 Å². The molecule has 1 heterocycles. The highest BCUT2D eigenvalue weighted by molar-refractivity contribution is 5.95. The number of nitrogens with one attached hydrogen (secondary N) is 2. The van der Waals surface area contributed by atoms with Gasteiger partial charge in [0.25, 0.3) is 5.91 Å². The first-order valence-electron chi connectivity index (χ1n) is 7.33. The molecule has 6 heteroatoms. The Morgan fingerprint density at radius 2 is 1.91 bits per heavy atom. The molecule has 1 aromatic rings. The largest absolute Gasteiger partial charge is 0.448 e. The molecule has 22 heavy (non-hydrogen) atoms. The SMILES string of the molecule is CC(C)C(=O)NCCNC(=O)C1Cc2ccccc2C(=O)O1. The number of benzene rings is 1. The molecule has 0 saturated carbocycles. The van der Waals surface area contributed by atoms with Crippen LogP contribution in [-0.2, 0) is 20.7 Å². The maximum absolute atomic E-state index is 12.0. The summed E-state index contributed by atoms with van der Waals surface area (Å²) in [6, 6.07) is 7.10. The summed E-state index contributed by atoms with van der Waals surface area (Å²) >= 11 is 0. The van der Waals surface area contributed by atoms with Crippen molar-refractivity contribution in [3.63, 3.8) is 0 Å². The Labute approximate surface area is 129 Å². The normalized spacial score (nSPS) is 16.7. The van der Waals surface area contributed by atoms with Crippen molar-refractivity contribution in [1.82, 2.24) is 10.6 Å². The highest BCUT2D eigenvalue weighted by Crippen LogP contribution is 2.20. The number of hydrogen-bond donors (Lipinski definition) is 2. The highest BCUT2D eigenvalue weighted by atomic mass is 16.5. The molecular formula is C16H20N2O4. The van der Waals surface area contributed by atoms with Crippen LogP contribution in [0.3, 0.4) is 0 Å². The molecule has 1 aliphatic rings. The molecule has 2 N–H and O–H groups in total. The molecule has 0 fully saturated rings. The third-order valence-corrected chi connectivity index (χ3v) is 3.43. The smallest absolute Gasteiger partial charge is 0.339 e. The number of carbonyl (C=O) groups is 3. The quantitative estimate of drug-likeness (QED) is 0.618. The third-order valence-electron chi connectivity index (χ3n) is 3.43. The van der Waals surface area contributed by atoms with Crippen molar-refractivity contribution in [3.8, 4) is 0 Å². The van der Waals surface area contributed by atoms with E-state index in [9.17, 15) is 14.4 Å². The van der Waals surface area contributed by atoms with Crippen LogP contribution in [0, 0.1) is 5.92 Å². The summed E-state index contributed by atoms with van der Waals surface area (Å²) in [4.78, 5) is 35.2. The summed E-state index contributed by atoms with van der Waals surface area (Å²) in [6.07, 6.45) is -0.449. The van der Waals surface area contributed by atoms with Crippen LogP contribution in [0.1, 0.15) is 29.8 Å². The molecular weight excluding hydrogens is 284 g/mol. The number of ether oxygens (including phenoxy) is 1. The van der Waals surface area contributed by atoms with Gasteiger partial charge in [0.1, 0.15) is 0 Å². The molecule has 118 valence electrons. The predicted molar refractivity (Wildman–Crippen MR) is 80.2 cm³/mol. The van der Waals surface area contributed by atoms with E-state index in [0.717, 1.165) is 5.56 Å². The second-order valence-corrected chi connectivity index (χ2v) is 5.49. The monoisotopic (exact) mass is 304 g/mol. The average Bonchev–Trinajstić information content (AvgIpc) is 2.50. The summed E-state index contributed by atoms with van der Waals surface area (Å²) in [7, 11) is 0. The summed E-state index contributed by atoms with van der Waals surface area (Å²) in [6.45, 7) is 4.24. The molecule has 1 aromatic carbocycles. The molecule has 0 radical (unpaired) electrons. The molecule has 0 aliphatic carbocycles. The van der Waals surface area contributed by atoms with Crippen LogP contribution >= 0.6 is 0 Å². The Hall–Kier alpha value is -2.37. The predicted octanol–water partition coefficient (Wildman–Crippen LogP) is 0.656. The molecule has 2 rings (SSSR count). The van der Waals surface area contributed by atoms with Crippen molar-refractivity contribution < 1.29 is 19.1 Å². The van der Waals surface area contributed by atoms with E-state index in [-0.39, 0.29) is 17.7 Å². The lowest BCUT2D eigenvalue weighted by molar-refractivity contribution is -0.130. The zero-order valence-electron chi connectivity index (χ0n) is 12.7. The third kappa shape index (κ3) is 3.84. The molecule has 0 aromatic heterocycles. The van der Waals surface area contributed by atoms with Gasteiger partial charge >= 0.3 is 5.97 Å². The van der Waals surface area contributed by atoms with Gasteiger partial charge in [-0.15, -0.1) is 0 Å². The van der Waals surface area contributed by atoms with Gasteiger partial charge in [0, 0.05) is 25.4 Å². The summed E-state index contributed by atoms with van der Waals surface area (Å²) in [5.74, 6) is -0.976. The number of hydrogen-bond acceptors (Lipinski definition) is 4. The minimum absolute atomic E-state index is 0.0627. The summed E-state index contributed by atoms with van der Waals surface area (Å²) < 4.78 is 5.15. The van der Waals surface area contributed by atoms with Crippen molar-refractivity contribution in [1.29, 1.82) is 0 Å². The first kappa shape index (κ1) is 16.0. The fourth-order valence-electron chi connectivity index (χ4n) is 2.17. The van der Waals surface area contributed by atoms with Crippen molar-refractivity contribution in [2.75, 3.05) is 13.1 Å². The van der Waals surface area contributed by atoms with Gasteiger partial charge in [0.15, 0.2) is 6.10 Å². The summed E-state index contributed by atoms with van der Waals surface area (Å²) in [5, 5.41) is 5.37. The Balaban J connectivity index is 1.82. The number of carbonyl (C=O) groups excluding carboxylic acids is 3. The van der Waals surface area contributed by atoms with Gasteiger partial charge in [-0.25, -0.2) is 4.79 Å². The lowest BCUT2D eigenvalue weighted by Crippen LogP contribution is -2.44. The lowest BCUT2D eigenvalue weighted by atomic mass is 9.98. The minimum atomic E-state index is -0.816. The number of fused-ring (bicyclic) bond motifs is 1. The molecule has 1 atom stereocenters. The fourth-order valence-corrected chi connectivity index (χ4v) is 2.17. The molecule has 0 spiro atoms. The van der Waals surface area contributed by atoms with Crippen molar-refractivity contribution in [3.05, 3.63) is 35.4 Å². The van der Waals surface area contributed by atoms with Crippen LogP contribution in [0.25, 0.3) is 0 Å². The van der Waals surface area contributed by atoms with E-state index < -0.39 is 12.1 Å². The van der Waals surface area contributed by atoms with Crippen LogP contribution in [-0.4, -0.2) is 37.0 Å². The van der Waals surface area contributed by atoms with Crippen LogP contribution in [0.5, 0.6) is 0 Å². The standard InChI is InChI=1S/C16H20N2O4/c1-10(2)14(19)17-7-8-18-15(20)13-9-11-5-3-4-6-12(11)16(21)22-13/h3-6,10,13H,7-9H2,1-2H3,(H,17,19)(H,18,20). The molecule has 0 saturated heterocycles. The fraction of sp³-hybridized carbons (Fsp3) is 0.438. The second-order valence-electron chi connectivity index (χ2n) is 5.49. The molecule has 1 unspecified atom stereocenters.